The molecule has 4 heteroatoms. The van der Waals surface area contributed by atoms with Gasteiger partial charge in [-0.15, -0.1) is 0 Å². The van der Waals surface area contributed by atoms with Crippen LogP contribution in [0, 0.1) is 0 Å². The first-order valence-corrected chi connectivity index (χ1v) is 6.01. The molecule has 0 amide bonds. The van der Waals surface area contributed by atoms with E-state index in [9.17, 15) is 4.79 Å². The van der Waals surface area contributed by atoms with Crippen LogP contribution in [0.2, 0.25) is 0 Å². The van der Waals surface area contributed by atoms with Crippen molar-refractivity contribution in [2.24, 2.45) is 0 Å². The molecule has 0 atom stereocenters. The van der Waals surface area contributed by atoms with Gasteiger partial charge in [0.05, 0.1) is 0 Å². The Balaban J connectivity index is 3.72. The Hall–Kier alpha value is 0.280. The SMILES string of the molecule is CCCCCC/C(Cl)=C/C(=O)C(Cl)Cl. The predicted octanol–water partition coefficient (Wildman–Crippen LogP) is 4.45. The number of unbranched alkanes of at least 4 members (excludes halogenated alkanes) is 3. The van der Waals surface area contributed by atoms with E-state index in [0.717, 1.165) is 19.3 Å². The van der Waals surface area contributed by atoms with Gasteiger partial charge in [-0.05, 0) is 18.9 Å². The van der Waals surface area contributed by atoms with E-state index in [1.54, 1.807) is 0 Å². The molecule has 0 unspecified atom stereocenters. The third-order valence-electron chi connectivity index (χ3n) is 1.78. The van der Waals surface area contributed by atoms with Gasteiger partial charge >= 0.3 is 0 Å². The number of hydrogen-bond donors (Lipinski definition) is 0. The van der Waals surface area contributed by atoms with E-state index < -0.39 is 4.84 Å². The maximum Gasteiger partial charge on any atom is 0.189 e. The van der Waals surface area contributed by atoms with Gasteiger partial charge in [0.1, 0.15) is 0 Å². The van der Waals surface area contributed by atoms with Gasteiger partial charge < -0.3 is 0 Å². The summed E-state index contributed by atoms with van der Waals surface area (Å²) in [6.45, 7) is 2.15. The Kier molecular flexibility index (Phi) is 8.75. The molecule has 0 aromatic carbocycles. The largest absolute Gasteiger partial charge is 0.292 e. The standard InChI is InChI=1S/C10H15Cl3O/c1-2-3-4-5-6-8(11)7-9(14)10(12)13/h7,10H,2-6H2,1H3/b8-7-. The van der Waals surface area contributed by atoms with Crippen molar-refractivity contribution in [3.8, 4) is 0 Å². The third-order valence-corrected chi connectivity index (χ3v) is 2.51. The molecule has 82 valence electrons. The number of carbonyl (C=O) groups excluding carboxylic acids is 1. The highest BCUT2D eigenvalue weighted by molar-refractivity contribution is 6.55. The lowest BCUT2D eigenvalue weighted by atomic mass is 10.1. The topological polar surface area (TPSA) is 17.1 Å². The maximum absolute atomic E-state index is 11.0. The summed E-state index contributed by atoms with van der Waals surface area (Å²) in [4.78, 5) is 10.0. The molecular weight excluding hydrogens is 242 g/mol. The van der Waals surface area contributed by atoms with Gasteiger partial charge in [0.15, 0.2) is 10.6 Å². The van der Waals surface area contributed by atoms with Crippen LogP contribution in [0.5, 0.6) is 0 Å². The van der Waals surface area contributed by atoms with Crippen LogP contribution >= 0.6 is 34.8 Å². The van der Waals surface area contributed by atoms with Crippen molar-refractivity contribution in [1.29, 1.82) is 0 Å². The average Bonchev–Trinajstić information content (AvgIpc) is 2.12. The van der Waals surface area contributed by atoms with Crippen LogP contribution in [0.25, 0.3) is 0 Å². The van der Waals surface area contributed by atoms with E-state index in [4.69, 9.17) is 34.8 Å². The summed E-state index contributed by atoms with van der Waals surface area (Å²) in [6.07, 6.45) is 6.58. The highest BCUT2D eigenvalue weighted by atomic mass is 35.5. The highest BCUT2D eigenvalue weighted by Gasteiger charge is 2.08. The highest BCUT2D eigenvalue weighted by Crippen LogP contribution is 2.15. The summed E-state index contributed by atoms with van der Waals surface area (Å²) < 4.78 is 0. The summed E-state index contributed by atoms with van der Waals surface area (Å²) in [5, 5.41) is 0.539. The van der Waals surface area contributed by atoms with E-state index in [-0.39, 0.29) is 5.78 Å². The normalized spacial score (nSPS) is 12.2. The molecule has 0 saturated carbocycles. The van der Waals surface area contributed by atoms with Gasteiger partial charge in [0.25, 0.3) is 0 Å². The Morgan fingerprint density at radius 2 is 1.93 bits per heavy atom. The molecule has 0 rings (SSSR count). The molecule has 14 heavy (non-hydrogen) atoms. The van der Waals surface area contributed by atoms with Crippen molar-refractivity contribution in [3.05, 3.63) is 11.1 Å². The van der Waals surface area contributed by atoms with E-state index in [1.807, 2.05) is 0 Å². The minimum Gasteiger partial charge on any atom is -0.292 e. The fourth-order valence-corrected chi connectivity index (χ4v) is 1.38. The molecule has 0 heterocycles. The Bertz CT molecular complexity index is 200. The van der Waals surface area contributed by atoms with Crippen LogP contribution < -0.4 is 0 Å². The van der Waals surface area contributed by atoms with Gasteiger partial charge in [-0.2, -0.15) is 0 Å². The second kappa shape index (κ2) is 8.58. The molecule has 0 fully saturated rings. The van der Waals surface area contributed by atoms with Gasteiger partial charge in [-0.3, -0.25) is 4.79 Å². The van der Waals surface area contributed by atoms with E-state index in [0.29, 0.717) is 5.03 Å². The lowest BCUT2D eigenvalue weighted by Crippen LogP contribution is -2.03. The number of ketones is 1. The maximum atomic E-state index is 11.0. The second-order valence-electron chi connectivity index (χ2n) is 3.10. The number of hydrogen-bond acceptors (Lipinski definition) is 1. The fourth-order valence-electron chi connectivity index (χ4n) is 1.01. The molecule has 0 aliphatic carbocycles. The Labute approximate surface area is 100 Å². The van der Waals surface area contributed by atoms with Crippen LogP contribution in [0.4, 0.5) is 0 Å². The molecule has 1 nitrogen and oxygen atoms in total. The number of carbonyl (C=O) groups is 1. The van der Waals surface area contributed by atoms with Gasteiger partial charge in [0.2, 0.25) is 0 Å². The molecule has 0 aromatic rings. The number of halogens is 3. The van der Waals surface area contributed by atoms with Crippen molar-refractivity contribution >= 4 is 40.6 Å². The lowest BCUT2D eigenvalue weighted by molar-refractivity contribution is -0.113. The molecule has 0 aliphatic rings. The average molecular weight is 258 g/mol. The zero-order valence-electron chi connectivity index (χ0n) is 8.23. The molecular formula is C10H15Cl3O. The fraction of sp³-hybridized carbons (Fsp3) is 0.700. The second-order valence-corrected chi connectivity index (χ2v) is 4.69. The quantitative estimate of drug-likeness (QED) is 0.374. The summed E-state index contributed by atoms with van der Waals surface area (Å²) in [7, 11) is 0. The molecule has 0 aromatic heterocycles. The Morgan fingerprint density at radius 1 is 1.29 bits per heavy atom. The van der Waals surface area contributed by atoms with E-state index >= 15 is 0 Å². The van der Waals surface area contributed by atoms with E-state index in [2.05, 4.69) is 6.92 Å². The summed E-state index contributed by atoms with van der Waals surface area (Å²) >= 11 is 16.6. The van der Waals surface area contributed by atoms with Gasteiger partial charge in [-0.1, -0.05) is 61.0 Å². The Morgan fingerprint density at radius 3 is 2.43 bits per heavy atom. The zero-order valence-corrected chi connectivity index (χ0v) is 10.5. The van der Waals surface area contributed by atoms with Crippen molar-refractivity contribution < 1.29 is 4.79 Å². The molecule has 0 N–H and O–H groups in total. The number of allylic oxidation sites excluding steroid dienone is 2. The minimum absolute atomic E-state index is 0.339. The van der Waals surface area contributed by atoms with Crippen molar-refractivity contribution in [2.75, 3.05) is 0 Å². The van der Waals surface area contributed by atoms with Gasteiger partial charge in [0, 0.05) is 5.03 Å². The van der Waals surface area contributed by atoms with Crippen LogP contribution in [-0.2, 0) is 4.79 Å². The molecule has 0 saturated heterocycles. The van der Waals surface area contributed by atoms with Crippen LogP contribution in [0.15, 0.2) is 11.1 Å². The number of rotatable bonds is 7. The number of alkyl halides is 2. The van der Waals surface area contributed by atoms with Crippen LogP contribution in [0.3, 0.4) is 0 Å². The first-order valence-electron chi connectivity index (χ1n) is 4.76. The minimum atomic E-state index is -1.00. The smallest absolute Gasteiger partial charge is 0.189 e. The molecule has 0 radical (unpaired) electrons. The molecule has 0 aliphatic heterocycles. The predicted molar refractivity (Wildman–Crippen MR) is 63.2 cm³/mol. The first kappa shape index (κ1) is 14.3. The summed E-state index contributed by atoms with van der Waals surface area (Å²) in [5.74, 6) is -0.339. The van der Waals surface area contributed by atoms with Crippen LogP contribution in [-0.4, -0.2) is 10.6 Å². The van der Waals surface area contributed by atoms with Gasteiger partial charge in [-0.25, -0.2) is 0 Å². The van der Waals surface area contributed by atoms with Crippen molar-refractivity contribution in [2.45, 2.75) is 43.9 Å². The van der Waals surface area contributed by atoms with Crippen molar-refractivity contribution in [1.82, 2.24) is 0 Å². The summed E-state index contributed by atoms with van der Waals surface area (Å²) in [5.41, 5.74) is 0. The zero-order chi connectivity index (χ0) is 11.0. The third kappa shape index (κ3) is 7.66. The molecule has 0 bridgehead atoms. The molecule has 0 spiro atoms. The monoisotopic (exact) mass is 256 g/mol. The van der Waals surface area contributed by atoms with E-state index in [1.165, 1.54) is 18.9 Å². The van der Waals surface area contributed by atoms with Crippen molar-refractivity contribution in [3.63, 3.8) is 0 Å². The summed E-state index contributed by atoms with van der Waals surface area (Å²) in [6, 6.07) is 0. The first-order chi connectivity index (χ1) is 6.57. The lowest BCUT2D eigenvalue weighted by Gasteiger charge is -1.99. The van der Waals surface area contributed by atoms with Crippen LogP contribution in [0.1, 0.15) is 39.0 Å².